The molecule has 1 aliphatic rings. The zero-order chi connectivity index (χ0) is 21.5. The van der Waals surface area contributed by atoms with Crippen molar-refractivity contribution in [1.29, 1.82) is 0 Å². The summed E-state index contributed by atoms with van der Waals surface area (Å²) in [4.78, 5) is 2.38. The van der Waals surface area contributed by atoms with Crippen LogP contribution in [0.5, 0.6) is 11.5 Å². The van der Waals surface area contributed by atoms with Gasteiger partial charge in [0.15, 0.2) is 11.5 Å². The van der Waals surface area contributed by atoms with E-state index < -0.39 is 0 Å². The summed E-state index contributed by atoms with van der Waals surface area (Å²) in [6.07, 6.45) is 7.17. The Labute approximate surface area is 188 Å². The largest absolute Gasteiger partial charge is 0.493 e. The molecule has 7 nitrogen and oxygen atoms in total. The highest BCUT2D eigenvalue weighted by atomic mass is 32.1. The smallest absolute Gasteiger partial charge is 0.218 e. The summed E-state index contributed by atoms with van der Waals surface area (Å²) in [5.41, 5.74) is 2.31. The van der Waals surface area contributed by atoms with Crippen LogP contribution in [0.15, 0.2) is 36.5 Å². The van der Waals surface area contributed by atoms with Crippen molar-refractivity contribution in [3.05, 3.63) is 47.8 Å². The summed E-state index contributed by atoms with van der Waals surface area (Å²) in [6.45, 7) is 6.24. The van der Waals surface area contributed by atoms with Crippen LogP contribution in [0.2, 0.25) is 0 Å². The topological polar surface area (TPSA) is 64.4 Å². The van der Waals surface area contributed by atoms with E-state index >= 15 is 0 Å². The fourth-order valence-corrected chi connectivity index (χ4v) is 4.79. The highest BCUT2D eigenvalue weighted by Crippen LogP contribution is 2.28. The third-order valence-corrected chi connectivity index (χ3v) is 6.47. The predicted molar refractivity (Wildman–Crippen MR) is 125 cm³/mol. The van der Waals surface area contributed by atoms with Gasteiger partial charge in [0.1, 0.15) is 0 Å². The average Bonchev–Trinajstić information content (AvgIpc) is 3.38. The van der Waals surface area contributed by atoms with Crippen LogP contribution in [-0.4, -0.2) is 41.6 Å². The zero-order valence-electron chi connectivity index (χ0n) is 18.3. The molecule has 0 unspecified atom stereocenters. The molecule has 4 rings (SSSR count). The van der Waals surface area contributed by atoms with Crippen molar-refractivity contribution in [3.63, 3.8) is 0 Å². The highest BCUT2D eigenvalue weighted by molar-refractivity contribution is 7.17. The number of rotatable bonds is 9. The number of hydrogen-bond donors (Lipinski definition) is 1. The predicted octanol–water partition coefficient (Wildman–Crippen LogP) is 4.41. The molecular weight excluding hydrogens is 410 g/mol. The van der Waals surface area contributed by atoms with Crippen LogP contribution >= 0.6 is 11.3 Å². The van der Waals surface area contributed by atoms with Crippen molar-refractivity contribution in [2.24, 2.45) is 0 Å². The van der Waals surface area contributed by atoms with Crippen molar-refractivity contribution >= 4 is 16.5 Å². The van der Waals surface area contributed by atoms with Crippen LogP contribution in [0.4, 0.5) is 5.13 Å². The van der Waals surface area contributed by atoms with Crippen LogP contribution in [-0.2, 0) is 13.1 Å². The Hall–Kier alpha value is -2.58. The lowest BCUT2D eigenvalue weighted by Crippen LogP contribution is -2.23. The minimum atomic E-state index is 0.621. The second kappa shape index (κ2) is 10.6. The van der Waals surface area contributed by atoms with Gasteiger partial charge in [-0.1, -0.05) is 30.2 Å². The van der Waals surface area contributed by atoms with Crippen molar-refractivity contribution in [1.82, 2.24) is 20.1 Å². The molecule has 0 radical (unpaired) electrons. The Morgan fingerprint density at radius 1 is 1.00 bits per heavy atom. The molecule has 8 heteroatoms. The van der Waals surface area contributed by atoms with Gasteiger partial charge in [0.25, 0.3) is 0 Å². The summed E-state index contributed by atoms with van der Waals surface area (Å²) in [7, 11) is 1.67. The molecule has 3 heterocycles. The van der Waals surface area contributed by atoms with E-state index in [1.54, 1.807) is 18.4 Å². The fraction of sp³-hybridized carbons (Fsp3) is 0.478. The Morgan fingerprint density at radius 2 is 1.81 bits per heavy atom. The van der Waals surface area contributed by atoms with Crippen LogP contribution in [0.1, 0.15) is 43.9 Å². The van der Waals surface area contributed by atoms with Crippen LogP contribution in [0.25, 0.3) is 5.13 Å². The molecule has 1 N–H and O–H groups in total. The zero-order valence-corrected chi connectivity index (χ0v) is 19.2. The number of aromatic nitrogens is 3. The van der Waals surface area contributed by atoms with Crippen molar-refractivity contribution < 1.29 is 9.47 Å². The van der Waals surface area contributed by atoms with Gasteiger partial charge in [-0.3, -0.25) is 4.57 Å². The standard InChI is InChI=1S/C23H31N5O2S/c1-3-30-20-11-10-18(15-21(20)29-2)16-24-17-19-9-8-14-28(19)23-26-25-22(31-23)27-12-6-4-5-7-13-27/h8-11,14-15,24H,3-7,12-13,16-17H2,1-2H3. The number of hydrogen-bond acceptors (Lipinski definition) is 7. The van der Waals surface area contributed by atoms with Crippen LogP contribution < -0.4 is 19.7 Å². The van der Waals surface area contributed by atoms with Gasteiger partial charge in [-0.25, -0.2) is 0 Å². The maximum atomic E-state index is 5.60. The lowest BCUT2D eigenvalue weighted by Gasteiger charge is -2.17. The molecule has 0 bridgehead atoms. The van der Waals surface area contributed by atoms with Gasteiger partial charge >= 0.3 is 0 Å². The molecule has 3 aromatic rings. The molecule has 0 aliphatic carbocycles. The number of ether oxygens (including phenoxy) is 2. The minimum absolute atomic E-state index is 0.621. The van der Waals surface area contributed by atoms with Gasteiger partial charge in [-0.2, -0.15) is 0 Å². The van der Waals surface area contributed by atoms with Crippen LogP contribution in [0, 0.1) is 0 Å². The van der Waals surface area contributed by atoms with E-state index in [0.29, 0.717) is 6.61 Å². The Kier molecular flexibility index (Phi) is 7.43. The fourth-order valence-electron chi connectivity index (χ4n) is 3.87. The number of anilines is 1. The van der Waals surface area contributed by atoms with Crippen LogP contribution in [0.3, 0.4) is 0 Å². The van der Waals surface area contributed by atoms with E-state index in [1.165, 1.54) is 25.7 Å². The molecule has 31 heavy (non-hydrogen) atoms. The molecule has 1 aromatic carbocycles. The quantitative estimate of drug-likeness (QED) is 0.531. The lowest BCUT2D eigenvalue weighted by molar-refractivity contribution is 0.310. The van der Waals surface area contributed by atoms with Crippen molar-refractivity contribution in [2.75, 3.05) is 31.7 Å². The summed E-state index contributed by atoms with van der Waals surface area (Å²) in [5, 5.41) is 14.4. The van der Waals surface area contributed by atoms with Crippen molar-refractivity contribution in [2.45, 2.75) is 45.7 Å². The Balaban J connectivity index is 1.38. The molecule has 0 spiro atoms. The maximum Gasteiger partial charge on any atom is 0.218 e. The SMILES string of the molecule is CCOc1ccc(CNCc2cccn2-c2nnc(N3CCCCCC3)s2)cc1OC. The second-order valence-electron chi connectivity index (χ2n) is 7.66. The summed E-state index contributed by atoms with van der Waals surface area (Å²) >= 11 is 1.67. The van der Waals surface area contributed by atoms with E-state index in [0.717, 1.165) is 59.2 Å². The van der Waals surface area contributed by atoms with Gasteiger partial charge in [0, 0.05) is 38.1 Å². The Bertz CT molecular complexity index is 963. The number of nitrogens with zero attached hydrogens (tertiary/aromatic N) is 4. The monoisotopic (exact) mass is 441 g/mol. The van der Waals surface area contributed by atoms with Gasteiger partial charge < -0.3 is 19.7 Å². The summed E-state index contributed by atoms with van der Waals surface area (Å²) < 4.78 is 13.2. The van der Waals surface area contributed by atoms with E-state index in [4.69, 9.17) is 9.47 Å². The summed E-state index contributed by atoms with van der Waals surface area (Å²) in [5.74, 6) is 1.54. The molecule has 166 valence electrons. The first-order valence-corrected chi connectivity index (χ1v) is 11.9. The second-order valence-corrected chi connectivity index (χ2v) is 8.59. The van der Waals surface area contributed by atoms with Gasteiger partial charge in [-0.15, -0.1) is 10.2 Å². The molecule has 2 aromatic heterocycles. The number of benzene rings is 1. The molecule has 0 saturated carbocycles. The van der Waals surface area contributed by atoms with E-state index in [-0.39, 0.29) is 0 Å². The molecule has 1 fully saturated rings. The number of nitrogens with one attached hydrogen (secondary N) is 1. The molecule has 1 aliphatic heterocycles. The normalized spacial score (nSPS) is 14.5. The maximum absolute atomic E-state index is 5.60. The minimum Gasteiger partial charge on any atom is -0.493 e. The van der Waals surface area contributed by atoms with Gasteiger partial charge in [0.2, 0.25) is 10.3 Å². The highest BCUT2D eigenvalue weighted by Gasteiger charge is 2.16. The summed E-state index contributed by atoms with van der Waals surface area (Å²) in [6, 6.07) is 10.2. The first-order chi connectivity index (χ1) is 15.3. The lowest BCUT2D eigenvalue weighted by atomic mass is 10.2. The van der Waals surface area contributed by atoms with Crippen molar-refractivity contribution in [3.8, 4) is 16.6 Å². The molecule has 0 atom stereocenters. The Morgan fingerprint density at radius 3 is 2.58 bits per heavy atom. The first kappa shape index (κ1) is 21.6. The average molecular weight is 442 g/mol. The molecule has 0 amide bonds. The van der Waals surface area contributed by atoms with Gasteiger partial charge in [0.05, 0.1) is 13.7 Å². The third-order valence-electron chi connectivity index (χ3n) is 5.48. The third kappa shape index (κ3) is 5.37. The van der Waals surface area contributed by atoms with E-state index in [1.807, 2.05) is 19.1 Å². The van der Waals surface area contributed by atoms with E-state index in [2.05, 4.69) is 49.4 Å². The first-order valence-electron chi connectivity index (χ1n) is 11.0. The van der Waals surface area contributed by atoms with Gasteiger partial charge in [-0.05, 0) is 49.6 Å². The van der Waals surface area contributed by atoms with E-state index in [9.17, 15) is 0 Å². The molecular formula is C23H31N5O2S. The number of methoxy groups -OCH3 is 1. The molecule has 1 saturated heterocycles.